The van der Waals surface area contributed by atoms with Crippen molar-refractivity contribution in [2.45, 2.75) is 38.6 Å². The highest BCUT2D eigenvalue weighted by Gasteiger charge is 2.34. The molecule has 0 radical (unpaired) electrons. The molecule has 1 aromatic carbocycles. The van der Waals surface area contributed by atoms with Crippen LogP contribution in [-0.2, 0) is 0 Å². The number of carbonyl (C=O) groups excluding carboxylic acids is 1. The maximum Gasteiger partial charge on any atom is 0.294 e. The maximum atomic E-state index is 12.2. The molecular formula is C14H18ClN3O3. The highest BCUT2D eigenvalue weighted by atomic mass is 35.5. The van der Waals surface area contributed by atoms with E-state index in [2.05, 4.69) is 10.6 Å². The Hall–Kier alpha value is -1.82. The fourth-order valence-corrected chi connectivity index (χ4v) is 2.68. The van der Waals surface area contributed by atoms with Crippen molar-refractivity contribution >= 4 is 28.9 Å². The average Bonchev–Trinajstić information content (AvgIpc) is 2.38. The summed E-state index contributed by atoms with van der Waals surface area (Å²) in [4.78, 5) is 22.9. The number of nitro benzene ring substituents is 1. The third-order valence-corrected chi connectivity index (χ3v) is 4.05. The van der Waals surface area contributed by atoms with E-state index in [9.17, 15) is 14.9 Å². The Balaban J connectivity index is 2.32. The van der Waals surface area contributed by atoms with Crippen LogP contribution in [0.4, 0.5) is 11.4 Å². The summed E-state index contributed by atoms with van der Waals surface area (Å²) in [6.07, 6.45) is 2.92. The van der Waals surface area contributed by atoms with Crippen molar-refractivity contribution in [1.29, 1.82) is 0 Å². The smallest absolute Gasteiger partial charge is 0.294 e. The van der Waals surface area contributed by atoms with Gasteiger partial charge in [0.05, 0.1) is 9.95 Å². The van der Waals surface area contributed by atoms with E-state index in [0.717, 1.165) is 19.3 Å². The number of rotatable bonds is 5. The van der Waals surface area contributed by atoms with Gasteiger partial charge in [-0.2, -0.15) is 0 Å². The molecule has 0 unspecified atom stereocenters. The Morgan fingerprint density at radius 1 is 1.48 bits per heavy atom. The number of benzene rings is 1. The molecule has 1 fully saturated rings. The first kappa shape index (κ1) is 15.6. The van der Waals surface area contributed by atoms with Crippen LogP contribution in [0, 0.1) is 10.1 Å². The van der Waals surface area contributed by atoms with Crippen LogP contribution in [0.3, 0.4) is 0 Å². The van der Waals surface area contributed by atoms with Crippen molar-refractivity contribution in [3.63, 3.8) is 0 Å². The van der Waals surface area contributed by atoms with E-state index >= 15 is 0 Å². The second kappa shape index (κ2) is 5.89. The van der Waals surface area contributed by atoms with Crippen LogP contribution < -0.4 is 10.6 Å². The molecule has 0 aliphatic heterocycles. The lowest BCUT2D eigenvalue weighted by atomic mass is 9.78. The van der Waals surface area contributed by atoms with E-state index in [1.807, 2.05) is 13.8 Å². The summed E-state index contributed by atoms with van der Waals surface area (Å²) >= 11 is 6.07. The van der Waals surface area contributed by atoms with Gasteiger partial charge in [-0.3, -0.25) is 14.9 Å². The van der Waals surface area contributed by atoms with Crippen LogP contribution >= 0.6 is 11.6 Å². The quantitative estimate of drug-likeness (QED) is 0.645. The molecule has 7 heteroatoms. The van der Waals surface area contributed by atoms with Crippen LogP contribution in [0.25, 0.3) is 0 Å². The summed E-state index contributed by atoms with van der Waals surface area (Å²) in [7, 11) is 0. The molecule has 1 saturated carbocycles. The molecule has 1 aromatic rings. The normalized spacial score (nSPS) is 16.0. The lowest BCUT2D eigenvalue weighted by molar-refractivity contribution is -0.384. The molecule has 0 saturated heterocycles. The van der Waals surface area contributed by atoms with Crippen molar-refractivity contribution < 1.29 is 9.72 Å². The van der Waals surface area contributed by atoms with Gasteiger partial charge in [0.2, 0.25) is 0 Å². The molecule has 0 heterocycles. The van der Waals surface area contributed by atoms with Crippen LogP contribution in [0.2, 0.25) is 5.02 Å². The van der Waals surface area contributed by atoms with E-state index in [4.69, 9.17) is 11.6 Å². The predicted molar refractivity (Wildman–Crippen MR) is 82.0 cm³/mol. The maximum absolute atomic E-state index is 12.2. The molecule has 2 N–H and O–H groups in total. The van der Waals surface area contributed by atoms with Crippen molar-refractivity contribution in [3.05, 3.63) is 32.8 Å². The van der Waals surface area contributed by atoms with Crippen LogP contribution in [0.1, 0.15) is 43.5 Å². The third-order valence-electron chi connectivity index (χ3n) is 3.75. The molecule has 1 aliphatic rings. The van der Waals surface area contributed by atoms with E-state index in [1.54, 1.807) is 0 Å². The largest absolute Gasteiger partial charge is 0.379 e. The van der Waals surface area contributed by atoms with E-state index in [0.29, 0.717) is 6.54 Å². The number of nitro groups is 1. The molecule has 0 atom stereocenters. The van der Waals surface area contributed by atoms with Crippen molar-refractivity contribution in [2.75, 3.05) is 11.9 Å². The zero-order valence-corrected chi connectivity index (χ0v) is 12.8. The fraction of sp³-hybridized carbons (Fsp3) is 0.500. The Morgan fingerprint density at radius 2 is 2.14 bits per heavy atom. The molecule has 0 aromatic heterocycles. The van der Waals surface area contributed by atoms with Crippen LogP contribution in [-0.4, -0.2) is 22.9 Å². The summed E-state index contributed by atoms with van der Waals surface area (Å²) < 4.78 is 0. The van der Waals surface area contributed by atoms with Crippen molar-refractivity contribution in [1.82, 2.24) is 5.32 Å². The van der Waals surface area contributed by atoms with Crippen molar-refractivity contribution in [2.24, 2.45) is 0 Å². The van der Waals surface area contributed by atoms with E-state index in [-0.39, 0.29) is 33.4 Å². The molecular weight excluding hydrogens is 294 g/mol. The zero-order valence-electron chi connectivity index (χ0n) is 12.0. The van der Waals surface area contributed by atoms with Crippen LogP contribution in [0.15, 0.2) is 12.1 Å². The van der Waals surface area contributed by atoms with E-state index in [1.165, 1.54) is 12.1 Å². The van der Waals surface area contributed by atoms with Gasteiger partial charge in [-0.15, -0.1) is 0 Å². The lowest BCUT2D eigenvalue weighted by Gasteiger charge is -2.39. The van der Waals surface area contributed by atoms with Crippen LogP contribution in [0.5, 0.6) is 0 Å². The summed E-state index contributed by atoms with van der Waals surface area (Å²) in [5.41, 5.74) is 0.0592. The van der Waals surface area contributed by atoms with Gasteiger partial charge in [0.15, 0.2) is 0 Å². The number of nitrogens with one attached hydrogen (secondary N) is 2. The lowest BCUT2D eigenvalue weighted by Crippen LogP contribution is -2.50. The second-order valence-electron chi connectivity index (χ2n) is 5.51. The van der Waals surface area contributed by atoms with Gasteiger partial charge in [-0.1, -0.05) is 11.6 Å². The number of amides is 1. The summed E-state index contributed by atoms with van der Waals surface area (Å²) in [6, 6.07) is 2.73. The number of carbonyl (C=O) groups is 1. The van der Waals surface area contributed by atoms with Gasteiger partial charge in [-0.05, 0) is 39.2 Å². The summed E-state index contributed by atoms with van der Waals surface area (Å²) in [5.74, 6) is -0.328. The molecule has 0 spiro atoms. The Kier molecular flexibility index (Phi) is 4.37. The highest BCUT2D eigenvalue weighted by Crippen LogP contribution is 2.35. The number of nitrogens with zero attached hydrogens (tertiary/aromatic N) is 1. The molecule has 1 aliphatic carbocycles. The molecule has 21 heavy (non-hydrogen) atoms. The first-order valence-corrected chi connectivity index (χ1v) is 7.28. The molecule has 1 amide bonds. The molecule has 114 valence electrons. The standard InChI is InChI=1S/C14H18ClN3O3/c1-3-16-12-10(15)7-9(8-11(12)18(20)21)13(19)17-14(2)5-4-6-14/h7-8,16H,3-6H2,1-2H3,(H,17,19). The average molecular weight is 312 g/mol. The Morgan fingerprint density at radius 3 is 2.62 bits per heavy atom. The molecule has 6 nitrogen and oxygen atoms in total. The minimum absolute atomic E-state index is 0.176. The number of hydrogen-bond donors (Lipinski definition) is 2. The summed E-state index contributed by atoms with van der Waals surface area (Å²) in [5, 5.41) is 17.1. The monoisotopic (exact) mass is 311 g/mol. The number of hydrogen-bond acceptors (Lipinski definition) is 4. The highest BCUT2D eigenvalue weighted by molar-refractivity contribution is 6.34. The van der Waals surface area contributed by atoms with Crippen molar-refractivity contribution in [3.8, 4) is 0 Å². The number of anilines is 1. The van der Waals surface area contributed by atoms with Gasteiger partial charge in [0.25, 0.3) is 11.6 Å². The number of halogens is 1. The molecule has 2 rings (SSSR count). The SMILES string of the molecule is CCNc1c(Cl)cc(C(=O)NC2(C)CCC2)cc1[N+](=O)[O-]. The minimum atomic E-state index is -0.536. The van der Waals surface area contributed by atoms with Gasteiger partial charge in [-0.25, -0.2) is 0 Å². The van der Waals surface area contributed by atoms with Gasteiger partial charge < -0.3 is 10.6 Å². The van der Waals surface area contributed by atoms with Gasteiger partial charge in [0, 0.05) is 23.7 Å². The zero-order chi connectivity index (χ0) is 15.6. The van der Waals surface area contributed by atoms with Gasteiger partial charge >= 0.3 is 0 Å². The fourth-order valence-electron chi connectivity index (χ4n) is 2.40. The predicted octanol–water partition coefficient (Wildman–Crippen LogP) is 3.35. The third kappa shape index (κ3) is 3.26. The van der Waals surface area contributed by atoms with E-state index < -0.39 is 4.92 Å². The van der Waals surface area contributed by atoms with Gasteiger partial charge in [0.1, 0.15) is 5.69 Å². The Labute approximate surface area is 128 Å². The minimum Gasteiger partial charge on any atom is -0.379 e. The first-order valence-electron chi connectivity index (χ1n) is 6.90. The topological polar surface area (TPSA) is 84.3 Å². The first-order chi connectivity index (χ1) is 9.86. The summed E-state index contributed by atoms with van der Waals surface area (Å²) in [6.45, 7) is 4.29. The second-order valence-corrected chi connectivity index (χ2v) is 5.92. The Bertz CT molecular complexity index is 585. The molecule has 0 bridgehead atoms.